The number of urea groups is 1. The third-order valence-corrected chi connectivity index (χ3v) is 3.16. The molecule has 0 heterocycles. The Hall–Kier alpha value is -2.09. The minimum Gasteiger partial charge on any atom is -0.478 e. The summed E-state index contributed by atoms with van der Waals surface area (Å²) < 4.78 is 5.27. The second kappa shape index (κ2) is 7.63. The molecule has 7 nitrogen and oxygen atoms in total. The first-order valence-electron chi connectivity index (χ1n) is 6.05. The first-order chi connectivity index (χ1) is 9.85. The third-order valence-electron chi connectivity index (χ3n) is 2.47. The first kappa shape index (κ1) is 17.0. The molecular formula is C13H15BrN2O5. The number of ether oxygens (including phenoxy) is 1. The maximum absolute atomic E-state index is 11.9. The number of esters is 1. The molecule has 2 amide bonds. The molecule has 2 N–H and O–H groups in total. The molecule has 0 aliphatic heterocycles. The number of nitrogens with zero attached hydrogens (tertiary/aromatic N) is 1. The van der Waals surface area contributed by atoms with Crippen LogP contribution >= 0.6 is 15.9 Å². The molecule has 0 aromatic heterocycles. The van der Waals surface area contributed by atoms with Gasteiger partial charge in [-0.1, -0.05) is 0 Å². The van der Waals surface area contributed by atoms with E-state index in [9.17, 15) is 14.4 Å². The van der Waals surface area contributed by atoms with Crippen molar-refractivity contribution in [1.29, 1.82) is 0 Å². The summed E-state index contributed by atoms with van der Waals surface area (Å²) in [6, 6.07) is 3.70. The third kappa shape index (κ3) is 5.07. The highest BCUT2D eigenvalue weighted by Gasteiger charge is 2.15. The number of likely N-dealkylation sites (N-methyl/N-ethyl adjacent to an activating group) is 1. The molecule has 0 radical (unpaired) electrons. The molecule has 114 valence electrons. The van der Waals surface area contributed by atoms with Gasteiger partial charge in [-0.3, -0.25) is 4.79 Å². The lowest BCUT2D eigenvalue weighted by Crippen LogP contribution is -2.36. The van der Waals surface area contributed by atoms with E-state index in [0.29, 0.717) is 10.2 Å². The molecule has 0 saturated heterocycles. The summed E-state index contributed by atoms with van der Waals surface area (Å²) in [5.41, 5.74) is 0.345. The number of nitrogens with one attached hydrogen (secondary N) is 1. The molecule has 0 bridgehead atoms. The van der Waals surface area contributed by atoms with Crippen molar-refractivity contribution in [3.05, 3.63) is 28.2 Å². The maximum Gasteiger partial charge on any atom is 0.335 e. The Balaban J connectivity index is 2.76. The number of hydrogen-bond donors (Lipinski definition) is 2. The van der Waals surface area contributed by atoms with E-state index in [1.807, 2.05) is 0 Å². The predicted octanol–water partition coefficient (Wildman–Crippen LogP) is 2.17. The van der Waals surface area contributed by atoms with Gasteiger partial charge in [-0.2, -0.15) is 0 Å². The van der Waals surface area contributed by atoms with Crippen molar-refractivity contribution in [1.82, 2.24) is 4.90 Å². The molecule has 8 heteroatoms. The van der Waals surface area contributed by atoms with Crippen LogP contribution in [-0.4, -0.2) is 48.2 Å². The highest BCUT2D eigenvalue weighted by molar-refractivity contribution is 9.10. The normalized spacial score (nSPS) is 9.86. The highest BCUT2D eigenvalue weighted by Crippen LogP contribution is 2.24. The molecule has 21 heavy (non-hydrogen) atoms. The van der Waals surface area contributed by atoms with Gasteiger partial charge in [-0.15, -0.1) is 0 Å². The number of aromatic carboxylic acids is 1. The molecule has 0 fully saturated rings. The zero-order valence-corrected chi connectivity index (χ0v) is 13.1. The molecule has 1 rings (SSSR count). The van der Waals surface area contributed by atoms with Gasteiger partial charge in [0.15, 0.2) is 0 Å². The van der Waals surface area contributed by atoms with Crippen LogP contribution in [0.2, 0.25) is 0 Å². The second-order valence-corrected chi connectivity index (χ2v) is 4.95. The fourth-order valence-electron chi connectivity index (χ4n) is 1.44. The smallest absolute Gasteiger partial charge is 0.335 e. The van der Waals surface area contributed by atoms with E-state index in [4.69, 9.17) is 9.84 Å². The Bertz CT molecular complexity index is 561. The lowest BCUT2D eigenvalue weighted by Gasteiger charge is -2.17. The molecule has 0 spiro atoms. The van der Waals surface area contributed by atoms with Crippen LogP contribution in [0.3, 0.4) is 0 Å². The molecule has 0 aliphatic carbocycles. The van der Waals surface area contributed by atoms with Gasteiger partial charge in [-0.05, 0) is 41.1 Å². The van der Waals surface area contributed by atoms with Crippen molar-refractivity contribution in [3.8, 4) is 0 Å². The van der Waals surface area contributed by atoms with Crippen LogP contribution in [0.1, 0.15) is 17.3 Å². The Labute approximate surface area is 130 Å². The van der Waals surface area contributed by atoms with Crippen LogP contribution in [-0.2, 0) is 9.53 Å². The molecule has 1 aromatic carbocycles. The van der Waals surface area contributed by atoms with Gasteiger partial charge >= 0.3 is 18.0 Å². The zero-order chi connectivity index (χ0) is 16.0. The number of benzene rings is 1. The number of halogens is 1. The number of anilines is 1. The number of carbonyl (C=O) groups is 3. The Morgan fingerprint density at radius 1 is 1.38 bits per heavy atom. The average Bonchev–Trinajstić information content (AvgIpc) is 2.40. The topological polar surface area (TPSA) is 95.9 Å². The fourth-order valence-corrected chi connectivity index (χ4v) is 1.78. The summed E-state index contributed by atoms with van der Waals surface area (Å²) in [5, 5.41) is 11.4. The fraction of sp³-hybridized carbons (Fsp3) is 0.308. The van der Waals surface area contributed by atoms with E-state index in [-0.39, 0.29) is 18.7 Å². The van der Waals surface area contributed by atoms with Gasteiger partial charge in [0.05, 0.1) is 17.9 Å². The van der Waals surface area contributed by atoms with Gasteiger partial charge < -0.3 is 20.1 Å². The van der Waals surface area contributed by atoms with Crippen LogP contribution in [0.4, 0.5) is 10.5 Å². The lowest BCUT2D eigenvalue weighted by molar-refractivity contribution is -0.143. The van der Waals surface area contributed by atoms with Crippen molar-refractivity contribution in [2.45, 2.75) is 6.92 Å². The molecular weight excluding hydrogens is 344 g/mol. The molecule has 0 saturated carbocycles. The summed E-state index contributed by atoms with van der Waals surface area (Å²) >= 11 is 3.22. The van der Waals surface area contributed by atoms with Gasteiger partial charge in [0.25, 0.3) is 0 Å². The second-order valence-electron chi connectivity index (χ2n) is 4.09. The van der Waals surface area contributed by atoms with E-state index in [2.05, 4.69) is 21.2 Å². The maximum atomic E-state index is 11.9. The quantitative estimate of drug-likeness (QED) is 0.786. The van der Waals surface area contributed by atoms with Crippen molar-refractivity contribution in [2.24, 2.45) is 0 Å². The van der Waals surface area contributed by atoms with Gasteiger partial charge in [0.1, 0.15) is 6.54 Å². The Morgan fingerprint density at radius 2 is 2.05 bits per heavy atom. The summed E-state index contributed by atoms with van der Waals surface area (Å²) in [4.78, 5) is 35.3. The van der Waals surface area contributed by atoms with Crippen molar-refractivity contribution in [2.75, 3.05) is 25.5 Å². The van der Waals surface area contributed by atoms with E-state index >= 15 is 0 Å². The van der Waals surface area contributed by atoms with Crippen molar-refractivity contribution >= 4 is 39.6 Å². The number of carboxylic acids is 1. The minimum absolute atomic E-state index is 0.0431. The summed E-state index contributed by atoms with van der Waals surface area (Å²) in [7, 11) is 1.43. The predicted molar refractivity (Wildman–Crippen MR) is 79.4 cm³/mol. The number of amides is 2. The van der Waals surface area contributed by atoms with E-state index in [1.165, 1.54) is 25.2 Å². The van der Waals surface area contributed by atoms with Crippen molar-refractivity contribution < 1.29 is 24.2 Å². The van der Waals surface area contributed by atoms with Crippen LogP contribution in [0.15, 0.2) is 22.7 Å². The highest BCUT2D eigenvalue weighted by atomic mass is 79.9. The SMILES string of the molecule is CCOC(=O)CN(C)C(=O)Nc1cc(C(=O)O)ccc1Br. The molecule has 0 aliphatic rings. The van der Waals surface area contributed by atoms with Gasteiger partial charge in [0.2, 0.25) is 0 Å². The number of carboxylic acid groups (broad SMARTS) is 1. The standard InChI is InChI=1S/C13H15BrN2O5/c1-3-21-11(17)7-16(2)13(20)15-10-6-8(12(18)19)4-5-9(10)14/h4-6H,3,7H2,1-2H3,(H,15,20)(H,18,19). The molecule has 0 atom stereocenters. The molecule has 1 aromatic rings. The largest absolute Gasteiger partial charge is 0.478 e. The zero-order valence-electron chi connectivity index (χ0n) is 11.6. The Morgan fingerprint density at radius 3 is 2.62 bits per heavy atom. The van der Waals surface area contributed by atoms with Crippen LogP contribution < -0.4 is 5.32 Å². The van der Waals surface area contributed by atoms with E-state index in [1.54, 1.807) is 6.92 Å². The monoisotopic (exact) mass is 358 g/mol. The minimum atomic E-state index is -1.10. The van der Waals surface area contributed by atoms with Gasteiger partial charge in [-0.25, -0.2) is 9.59 Å². The van der Waals surface area contributed by atoms with E-state index < -0.39 is 18.0 Å². The number of carbonyl (C=O) groups excluding carboxylic acids is 2. The van der Waals surface area contributed by atoms with Gasteiger partial charge in [0, 0.05) is 11.5 Å². The van der Waals surface area contributed by atoms with Crippen LogP contribution in [0, 0.1) is 0 Å². The van der Waals surface area contributed by atoms with Crippen LogP contribution in [0.5, 0.6) is 0 Å². The average molecular weight is 359 g/mol. The Kier molecular flexibility index (Phi) is 6.16. The summed E-state index contributed by atoms with van der Waals surface area (Å²) in [6.07, 6.45) is 0. The molecule has 0 unspecified atom stereocenters. The van der Waals surface area contributed by atoms with Crippen molar-refractivity contribution in [3.63, 3.8) is 0 Å². The lowest BCUT2D eigenvalue weighted by atomic mass is 10.2. The first-order valence-corrected chi connectivity index (χ1v) is 6.85. The van der Waals surface area contributed by atoms with E-state index in [0.717, 1.165) is 4.90 Å². The summed E-state index contributed by atoms with van der Waals surface area (Å²) in [6.45, 7) is 1.71. The van der Waals surface area contributed by atoms with Crippen LogP contribution in [0.25, 0.3) is 0 Å². The number of hydrogen-bond acceptors (Lipinski definition) is 4. The summed E-state index contributed by atoms with van der Waals surface area (Å²) in [5.74, 6) is -1.62. The number of rotatable bonds is 5.